The zero-order chi connectivity index (χ0) is 16.4. The number of anilines is 1. The van der Waals surface area contributed by atoms with Crippen LogP contribution in [-0.4, -0.2) is 35.0 Å². The van der Waals surface area contributed by atoms with E-state index in [1.165, 1.54) is 6.92 Å². The van der Waals surface area contributed by atoms with Crippen LogP contribution in [0, 0.1) is 15.9 Å². The maximum Gasteiger partial charge on any atom is 0.406 e. The number of nitro benzene ring substituents is 1. The Labute approximate surface area is 116 Å². The summed E-state index contributed by atoms with van der Waals surface area (Å²) in [6.07, 6.45) is -4.66. The molecule has 0 saturated carbocycles. The summed E-state index contributed by atoms with van der Waals surface area (Å²) < 4.78 is 50.3. The predicted molar refractivity (Wildman–Crippen MR) is 65.1 cm³/mol. The van der Waals surface area contributed by atoms with Gasteiger partial charge in [0.05, 0.1) is 16.7 Å². The summed E-state index contributed by atoms with van der Waals surface area (Å²) in [5.41, 5.74) is 3.02. The van der Waals surface area contributed by atoms with Crippen LogP contribution in [0.2, 0.25) is 0 Å². The van der Waals surface area contributed by atoms with Gasteiger partial charge in [0.15, 0.2) is 5.82 Å². The van der Waals surface area contributed by atoms with Crippen LogP contribution < -0.4 is 5.73 Å². The summed E-state index contributed by atoms with van der Waals surface area (Å²) in [6, 6.07) is 1.07. The SMILES string of the molecule is CCN(CC(F)(F)F)C(=O)c1cc(N)c(F)cc1[N+](=O)[O-]. The van der Waals surface area contributed by atoms with Gasteiger partial charge in [-0.15, -0.1) is 0 Å². The first kappa shape index (κ1) is 16.7. The molecule has 1 aromatic carbocycles. The molecule has 0 aliphatic heterocycles. The Kier molecular flexibility index (Phi) is 4.71. The minimum atomic E-state index is -4.66. The molecular weight excluding hydrogens is 298 g/mol. The lowest BCUT2D eigenvalue weighted by Gasteiger charge is -2.22. The number of carbonyl (C=O) groups is 1. The maximum atomic E-state index is 13.2. The van der Waals surface area contributed by atoms with Gasteiger partial charge in [-0.05, 0) is 13.0 Å². The smallest absolute Gasteiger partial charge is 0.396 e. The van der Waals surface area contributed by atoms with Crippen molar-refractivity contribution in [1.82, 2.24) is 4.90 Å². The van der Waals surface area contributed by atoms with Crippen LogP contribution in [0.3, 0.4) is 0 Å². The lowest BCUT2D eigenvalue weighted by molar-refractivity contribution is -0.385. The lowest BCUT2D eigenvalue weighted by Crippen LogP contribution is -2.39. The average molecular weight is 309 g/mol. The predicted octanol–water partition coefficient (Wildman–Crippen LogP) is 2.34. The first-order valence-electron chi connectivity index (χ1n) is 5.66. The van der Waals surface area contributed by atoms with Crippen LogP contribution in [0.1, 0.15) is 17.3 Å². The number of nitro groups is 1. The van der Waals surface area contributed by atoms with Gasteiger partial charge in [0.25, 0.3) is 11.6 Å². The van der Waals surface area contributed by atoms with Gasteiger partial charge in [0.2, 0.25) is 0 Å². The number of rotatable bonds is 4. The third kappa shape index (κ3) is 4.04. The average Bonchev–Trinajstić information content (AvgIpc) is 2.36. The summed E-state index contributed by atoms with van der Waals surface area (Å²) in [5, 5.41) is 10.8. The Morgan fingerprint density at radius 2 is 2.00 bits per heavy atom. The van der Waals surface area contributed by atoms with Gasteiger partial charge in [-0.3, -0.25) is 14.9 Å². The van der Waals surface area contributed by atoms with Crippen molar-refractivity contribution < 1.29 is 27.3 Å². The second-order valence-corrected chi connectivity index (χ2v) is 4.08. The number of alkyl halides is 3. The van der Waals surface area contributed by atoms with Crippen LogP contribution in [-0.2, 0) is 0 Å². The molecule has 0 atom stereocenters. The Balaban J connectivity index is 3.27. The Bertz CT molecular complexity index is 575. The van der Waals surface area contributed by atoms with E-state index in [1.807, 2.05) is 0 Å². The van der Waals surface area contributed by atoms with Gasteiger partial charge < -0.3 is 10.6 Å². The number of nitrogen functional groups attached to an aromatic ring is 1. The van der Waals surface area contributed by atoms with E-state index < -0.39 is 46.3 Å². The highest BCUT2D eigenvalue weighted by molar-refractivity contribution is 5.99. The van der Waals surface area contributed by atoms with Crippen molar-refractivity contribution in [2.24, 2.45) is 0 Å². The minimum Gasteiger partial charge on any atom is -0.396 e. The van der Waals surface area contributed by atoms with Gasteiger partial charge in [-0.2, -0.15) is 13.2 Å². The highest BCUT2D eigenvalue weighted by Crippen LogP contribution is 2.27. The third-order valence-corrected chi connectivity index (χ3v) is 2.58. The van der Waals surface area contributed by atoms with E-state index in [1.54, 1.807) is 0 Å². The molecule has 116 valence electrons. The number of nitrogens with two attached hydrogens (primary N) is 1. The fourth-order valence-corrected chi connectivity index (χ4v) is 1.62. The second-order valence-electron chi connectivity index (χ2n) is 4.08. The van der Waals surface area contributed by atoms with Crippen molar-refractivity contribution in [3.05, 3.63) is 33.6 Å². The third-order valence-electron chi connectivity index (χ3n) is 2.58. The number of amides is 1. The van der Waals surface area contributed by atoms with E-state index in [-0.39, 0.29) is 6.54 Å². The van der Waals surface area contributed by atoms with Crippen LogP contribution in [0.5, 0.6) is 0 Å². The molecule has 0 saturated heterocycles. The molecule has 0 fully saturated rings. The number of nitrogens with zero attached hydrogens (tertiary/aromatic N) is 2. The van der Waals surface area contributed by atoms with E-state index in [2.05, 4.69) is 0 Å². The molecule has 2 N–H and O–H groups in total. The van der Waals surface area contributed by atoms with Gasteiger partial charge in [0, 0.05) is 6.54 Å². The molecule has 0 unspecified atom stereocenters. The van der Waals surface area contributed by atoms with Crippen LogP contribution in [0.15, 0.2) is 12.1 Å². The number of carbonyl (C=O) groups excluding carboxylic acids is 1. The van der Waals surface area contributed by atoms with Gasteiger partial charge in [0.1, 0.15) is 12.1 Å². The summed E-state index contributed by atoms with van der Waals surface area (Å²) in [5.74, 6) is -2.37. The van der Waals surface area contributed by atoms with Crippen molar-refractivity contribution in [2.45, 2.75) is 13.1 Å². The summed E-state index contributed by atoms with van der Waals surface area (Å²) >= 11 is 0. The monoisotopic (exact) mass is 309 g/mol. The summed E-state index contributed by atoms with van der Waals surface area (Å²) in [6.45, 7) is -0.619. The molecule has 0 bridgehead atoms. The van der Waals surface area contributed by atoms with Crippen LogP contribution in [0.4, 0.5) is 28.9 Å². The summed E-state index contributed by atoms with van der Waals surface area (Å²) in [4.78, 5) is 22.1. The highest BCUT2D eigenvalue weighted by atomic mass is 19.4. The normalized spacial score (nSPS) is 11.3. The Morgan fingerprint density at radius 3 is 2.43 bits per heavy atom. The largest absolute Gasteiger partial charge is 0.406 e. The Morgan fingerprint density at radius 1 is 1.43 bits per heavy atom. The quantitative estimate of drug-likeness (QED) is 0.400. The first-order chi connectivity index (χ1) is 9.56. The van der Waals surface area contributed by atoms with Crippen molar-refractivity contribution in [2.75, 3.05) is 18.8 Å². The first-order valence-corrected chi connectivity index (χ1v) is 5.66. The van der Waals surface area contributed by atoms with Gasteiger partial charge in [-0.25, -0.2) is 4.39 Å². The fourth-order valence-electron chi connectivity index (χ4n) is 1.62. The minimum absolute atomic E-state index is 0.327. The molecule has 0 spiro atoms. The van der Waals surface area contributed by atoms with E-state index in [9.17, 15) is 32.5 Å². The van der Waals surface area contributed by atoms with Crippen molar-refractivity contribution >= 4 is 17.3 Å². The number of halogens is 4. The Hall–Kier alpha value is -2.39. The van der Waals surface area contributed by atoms with Crippen molar-refractivity contribution in [3.8, 4) is 0 Å². The molecule has 0 heterocycles. The maximum absolute atomic E-state index is 13.2. The molecule has 21 heavy (non-hydrogen) atoms. The number of benzene rings is 1. The molecule has 10 heteroatoms. The second kappa shape index (κ2) is 5.94. The molecule has 0 radical (unpaired) electrons. The van der Waals surface area contributed by atoms with E-state index >= 15 is 0 Å². The zero-order valence-corrected chi connectivity index (χ0v) is 10.8. The molecule has 1 aromatic rings. The standard InChI is InChI=1S/C11H11F4N3O3/c1-2-17(5-11(13,14)15)10(19)6-3-8(16)7(12)4-9(6)18(20)21/h3-4H,2,5,16H2,1H3. The topological polar surface area (TPSA) is 89.5 Å². The molecule has 0 aromatic heterocycles. The van der Waals surface area contributed by atoms with Crippen LogP contribution in [0.25, 0.3) is 0 Å². The zero-order valence-electron chi connectivity index (χ0n) is 10.8. The number of hydrogen-bond acceptors (Lipinski definition) is 4. The molecule has 0 aliphatic carbocycles. The molecule has 1 amide bonds. The summed E-state index contributed by atoms with van der Waals surface area (Å²) in [7, 11) is 0. The van der Waals surface area contributed by atoms with E-state index in [4.69, 9.17) is 5.73 Å². The van der Waals surface area contributed by atoms with Gasteiger partial charge >= 0.3 is 6.18 Å². The van der Waals surface area contributed by atoms with Crippen LogP contribution >= 0.6 is 0 Å². The lowest BCUT2D eigenvalue weighted by atomic mass is 10.1. The molecule has 1 rings (SSSR count). The molecule has 0 aliphatic rings. The van der Waals surface area contributed by atoms with Crippen molar-refractivity contribution in [3.63, 3.8) is 0 Å². The van der Waals surface area contributed by atoms with E-state index in [0.717, 1.165) is 0 Å². The van der Waals surface area contributed by atoms with Gasteiger partial charge in [-0.1, -0.05) is 0 Å². The fraction of sp³-hybridized carbons (Fsp3) is 0.364. The highest BCUT2D eigenvalue weighted by Gasteiger charge is 2.35. The number of hydrogen-bond donors (Lipinski definition) is 1. The van der Waals surface area contributed by atoms with Crippen molar-refractivity contribution in [1.29, 1.82) is 0 Å². The van der Waals surface area contributed by atoms with E-state index in [0.29, 0.717) is 17.0 Å². The molecule has 6 nitrogen and oxygen atoms in total. The molecular formula is C11H11F4N3O3.